The number of methoxy groups -OCH3 is 1. The Bertz CT molecular complexity index is 1330. The van der Waals surface area contributed by atoms with Crippen molar-refractivity contribution >= 4 is 34.5 Å². The number of ether oxygens (including phenoxy) is 1. The minimum atomic E-state index is -2.70. The highest BCUT2D eigenvalue weighted by molar-refractivity contribution is 8.15. The number of amides is 1. The number of alkyl halides is 2. The van der Waals surface area contributed by atoms with Crippen LogP contribution in [0.5, 0.6) is 0 Å². The van der Waals surface area contributed by atoms with Crippen molar-refractivity contribution in [3.05, 3.63) is 58.9 Å². The van der Waals surface area contributed by atoms with E-state index >= 15 is 0 Å². The Balaban J connectivity index is 0.00000274. The maximum atomic E-state index is 13.5. The van der Waals surface area contributed by atoms with E-state index in [9.17, 15) is 13.6 Å². The molecule has 212 valence electrons. The number of hydrogen-bond donors (Lipinski definition) is 5. The van der Waals surface area contributed by atoms with Gasteiger partial charge in [0.15, 0.2) is 5.04 Å². The van der Waals surface area contributed by atoms with Crippen LogP contribution in [0.4, 0.5) is 8.78 Å². The molecule has 0 saturated heterocycles. The summed E-state index contributed by atoms with van der Waals surface area (Å²) in [4.78, 5) is 17.6. The van der Waals surface area contributed by atoms with E-state index < -0.39 is 23.7 Å². The molecule has 1 aromatic heterocycles. The van der Waals surface area contributed by atoms with Crippen LogP contribution in [0.25, 0.3) is 5.57 Å². The Morgan fingerprint density at radius 3 is 2.67 bits per heavy atom. The van der Waals surface area contributed by atoms with Gasteiger partial charge in [-0.2, -0.15) is 5.10 Å². The number of pyridine rings is 1. The number of nitrogens with zero attached hydrogens (tertiary/aromatic N) is 2. The van der Waals surface area contributed by atoms with Crippen molar-refractivity contribution in [3.8, 4) is 23.7 Å². The predicted octanol–water partition coefficient (Wildman–Crippen LogP) is 3.55. The van der Waals surface area contributed by atoms with Gasteiger partial charge in [-0.1, -0.05) is 37.5 Å². The molecule has 0 aromatic carbocycles. The van der Waals surface area contributed by atoms with E-state index in [4.69, 9.17) is 21.7 Å². The number of carbonyl (C=O) groups is 1. The van der Waals surface area contributed by atoms with Gasteiger partial charge in [0.2, 0.25) is 0 Å². The minimum Gasteiger partial charge on any atom is -0.495 e. The zero-order valence-electron chi connectivity index (χ0n) is 22.7. The van der Waals surface area contributed by atoms with E-state index in [0.717, 1.165) is 19.1 Å². The zero-order chi connectivity index (χ0) is 29.7. The van der Waals surface area contributed by atoms with Crippen LogP contribution >= 0.6 is 11.8 Å². The average Bonchev–Trinajstić information content (AvgIpc) is 3.81. The number of carbonyl (C=O) groups excluding carboxylic acids is 1. The Morgan fingerprint density at radius 1 is 1.38 bits per heavy atom. The van der Waals surface area contributed by atoms with Gasteiger partial charge >= 0.3 is 0 Å². The monoisotopic (exact) mass is 569 g/mol. The molecule has 1 aliphatic carbocycles. The van der Waals surface area contributed by atoms with Crippen molar-refractivity contribution in [1.82, 2.24) is 15.6 Å². The van der Waals surface area contributed by atoms with Gasteiger partial charge in [-0.3, -0.25) is 4.79 Å². The summed E-state index contributed by atoms with van der Waals surface area (Å²) in [6.07, 6.45) is 5.48. The highest BCUT2D eigenvalue weighted by Gasteiger charge is 2.27. The second kappa shape index (κ2) is 16.0. The normalized spacial score (nSPS) is 17.2. The van der Waals surface area contributed by atoms with Gasteiger partial charge in [0, 0.05) is 41.9 Å². The maximum absolute atomic E-state index is 13.5. The molecule has 40 heavy (non-hydrogen) atoms. The third-order valence-electron chi connectivity index (χ3n) is 5.32. The first-order chi connectivity index (χ1) is 19.3. The summed E-state index contributed by atoms with van der Waals surface area (Å²) in [7, 11) is 1.39. The molecule has 2 heterocycles. The highest BCUT2D eigenvalue weighted by Crippen LogP contribution is 2.31. The molecule has 0 radical (unpaired) electrons. The summed E-state index contributed by atoms with van der Waals surface area (Å²) in [6.45, 7) is 5.74. The molecule has 1 aromatic rings. The van der Waals surface area contributed by atoms with E-state index in [1.165, 1.54) is 49.6 Å². The zero-order valence-corrected chi connectivity index (χ0v) is 23.5. The topological polar surface area (TPSA) is 152 Å². The van der Waals surface area contributed by atoms with Gasteiger partial charge in [0.25, 0.3) is 12.3 Å². The van der Waals surface area contributed by atoms with Gasteiger partial charge in [-0.25, -0.2) is 13.8 Å². The minimum absolute atomic E-state index is 0.115. The molecule has 2 atom stereocenters. The Hall–Kier alpha value is -4.29. The van der Waals surface area contributed by atoms with Crippen molar-refractivity contribution in [2.75, 3.05) is 7.11 Å². The van der Waals surface area contributed by atoms with Crippen molar-refractivity contribution in [2.45, 2.75) is 51.5 Å². The molecule has 0 bridgehead atoms. The fourth-order valence-corrected chi connectivity index (χ4v) is 3.91. The van der Waals surface area contributed by atoms with Gasteiger partial charge in [-0.15, -0.1) is 0 Å². The second-order valence-electron chi connectivity index (χ2n) is 8.16. The van der Waals surface area contributed by atoms with E-state index in [2.05, 4.69) is 44.4 Å². The summed E-state index contributed by atoms with van der Waals surface area (Å²) in [5.41, 5.74) is 6.59. The first kappa shape index (κ1) is 31.9. The molecule has 1 saturated carbocycles. The summed E-state index contributed by atoms with van der Waals surface area (Å²) < 4.78 is 32.5. The molecule has 9 nitrogen and oxygen atoms in total. The lowest BCUT2D eigenvalue weighted by Gasteiger charge is -2.24. The van der Waals surface area contributed by atoms with E-state index in [1.807, 2.05) is 13.8 Å². The molecule has 1 fully saturated rings. The molecule has 7 N–H and O–H groups in total. The number of thioether (sulfide) groups is 1. The summed E-state index contributed by atoms with van der Waals surface area (Å²) >= 11 is 1.19. The molecule has 12 heteroatoms. The van der Waals surface area contributed by atoms with Crippen molar-refractivity contribution < 1.29 is 18.3 Å². The number of hydrogen-bond acceptors (Lipinski definition) is 9. The Kier molecular flexibility index (Phi) is 12.7. The molecule has 2 aliphatic rings. The summed E-state index contributed by atoms with van der Waals surface area (Å²) in [5.74, 6) is 17.0. The van der Waals surface area contributed by atoms with Crippen LogP contribution < -0.4 is 22.2 Å². The SMILES string of the molecule is CC.COC1=CNC(C(F)F)C=C1c1cc(C#C/C(C=N)=C/N)ncc1C(=O)NC(C)S/C(C#CC1CC1)=N\N. The second-order valence-corrected chi connectivity index (χ2v) is 9.49. The van der Waals surface area contributed by atoms with Crippen LogP contribution in [0.1, 0.15) is 55.2 Å². The fourth-order valence-electron chi connectivity index (χ4n) is 3.23. The van der Waals surface area contributed by atoms with Gasteiger partial charge in [0.05, 0.1) is 23.6 Å². The van der Waals surface area contributed by atoms with E-state index in [-0.39, 0.29) is 33.7 Å². The lowest BCUT2D eigenvalue weighted by atomic mass is 9.95. The fraction of sp³-hybridized carbons (Fsp3) is 0.357. The number of rotatable bonds is 7. The summed E-state index contributed by atoms with van der Waals surface area (Å²) in [6, 6.07) is 0.202. The molecule has 1 amide bonds. The standard InChI is InChI=1S/C26H27F2N7O2S.C2H6/c1-15(38-24(35-31)8-6-16-3-4-16)34-26(36)21-13-32-18(7-5-17(11-29)12-30)9-19(21)20-10-22(25(27)28)33-14-23(20)37-2;1-2/h9-16,22,25,29,33H,3-4,30-31H2,1-2H3,(H,34,36);1-2H3/b17-12-,29-11?,35-24-;. The number of allylic oxidation sites excluding steroid dienone is 2. The quantitative estimate of drug-likeness (QED) is 0.0841. The maximum Gasteiger partial charge on any atom is 0.261 e. The molecule has 3 rings (SSSR count). The van der Waals surface area contributed by atoms with Crippen LogP contribution in [0, 0.1) is 35.0 Å². The average molecular weight is 570 g/mol. The van der Waals surface area contributed by atoms with E-state index in [1.54, 1.807) is 6.92 Å². The largest absolute Gasteiger partial charge is 0.495 e. The molecular weight excluding hydrogens is 536 g/mol. The summed E-state index contributed by atoms with van der Waals surface area (Å²) in [5, 5.41) is 16.3. The predicted molar refractivity (Wildman–Crippen MR) is 156 cm³/mol. The smallest absolute Gasteiger partial charge is 0.261 e. The van der Waals surface area contributed by atoms with Gasteiger partial charge < -0.3 is 32.4 Å². The van der Waals surface area contributed by atoms with Crippen molar-refractivity contribution in [1.29, 1.82) is 5.41 Å². The molecule has 0 spiro atoms. The molecular formula is C28H33F2N7O2S. The third-order valence-corrected chi connectivity index (χ3v) is 6.22. The highest BCUT2D eigenvalue weighted by atomic mass is 32.2. The number of aromatic nitrogens is 1. The van der Waals surface area contributed by atoms with Gasteiger partial charge in [0.1, 0.15) is 17.5 Å². The molecule has 1 aliphatic heterocycles. The number of nitrogens with one attached hydrogen (secondary N) is 3. The third kappa shape index (κ3) is 9.17. The number of nitrogens with two attached hydrogens (primary N) is 2. The lowest BCUT2D eigenvalue weighted by Crippen LogP contribution is -2.34. The van der Waals surface area contributed by atoms with Crippen LogP contribution in [-0.4, -0.2) is 47.1 Å². The molecule has 2 unspecified atom stereocenters. The lowest BCUT2D eigenvalue weighted by molar-refractivity contribution is 0.0951. The first-order valence-electron chi connectivity index (χ1n) is 12.5. The van der Waals surface area contributed by atoms with Crippen LogP contribution in [0.15, 0.2) is 47.2 Å². The Labute approximate surface area is 237 Å². The Morgan fingerprint density at radius 2 is 2.10 bits per heavy atom. The van der Waals surface area contributed by atoms with Crippen LogP contribution in [0.3, 0.4) is 0 Å². The number of halogens is 2. The van der Waals surface area contributed by atoms with Gasteiger partial charge in [-0.05, 0) is 43.7 Å². The van der Waals surface area contributed by atoms with Crippen LogP contribution in [-0.2, 0) is 4.74 Å². The first-order valence-corrected chi connectivity index (χ1v) is 13.4. The van der Waals surface area contributed by atoms with Crippen molar-refractivity contribution in [3.63, 3.8) is 0 Å². The number of hydrazone groups is 1. The van der Waals surface area contributed by atoms with E-state index in [0.29, 0.717) is 11.0 Å². The van der Waals surface area contributed by atoms with Crippen molar-refractivity contribution in [2.24, 2.45) is 22.6 Å². The number of dihydropyridines is 1. The van der Waals surface area contributed by atoms with Crippen LogP contribution in [0.2, 0.25) is 0 Å².